The third kappa shape index (κ3) is 2.13. The van der Waals surface area contributed by atoms with Crippen LogP contribution in [-0.4, -0.2) is 15.5 Å². The molecule has 5 heteroatoms. The first-order valence-corrected chi connectivity index (χ1v) is 5.21. The van der Waals surface area contributed by atoms with Crippen LogP contribution in [0, 0.1) is 6.92 Å². The number of aromatic nitrogens is 2. The molecule has 0 spiro atoms. The number of nitrogens with one attached hydrogen (secondary N) is 2. The van der Waals surface area contributed by atoms with Crippen molar-refractivity contribution in [3.05, 3.63) is 52.2 Å². The van der Waals surface area contributed by atoms with Crippen LogP contribution in [0.1, 0.15) is 16.2 Å². The van der Waals surface area contributed by atoms with E-state index in [0.29, 0.717) is 17.1 Å². The number of para-hydroxylation sites is 1. The third-order valence-corrected chi connectivity index (χ3v) is 2.66. The van der Waals surface area contributed by atoms with Gasteiger partial charge in [-0.3, -0.25) is 9.36 Å². The van der Waals surface area contributed by atoms with Crippen molar-refractivity contribution in [1.82, 2.24) is 9.55 Å². The summed E-state index contributed by atoms with van der Waals surface area (Å²) in [5, 5.41) is 2.72. The Morgan fingerprint density at radius 2 is 1.94 bits per heavy atom. The van der Waals surface area contributed by atoms with E-state index in [1.54, 1.807) is 26.1 Å². The first-order chi connectivity index (χ1) is 8.09. The largest absolute Gasteiger partial charge is 0.326 e. The minimum atomic E-state index is -0.314. The Morgan fingerprint density at radius 1 is 1.29 bits per heavy atom. The monoisotopic (exact) mass is 231 g/mol. The van der Waals surface area contributed by atoms with Crippen molar-refractivity contribution < 1.29 is 4.79 Å². The van der Waals surface area contributed by atoms with E-state index in [1.165, 1.54) is 4.57 Å². The van der Waals surface area contributed by atoms with E-state index in [-0.39, 0.29) is 11.6 Å². The Hall–Kier alpha value is -2.30. The maximum Gasteiger partial charge on any atom is 0.326 e. The number of hydrogen-bond acceptors (Lipinski definition) is 2. The molecular weight excluding hydrogens is 218 g/mol. The highest BCUT2D eigenvalue weighted by molar-refractivity contribution is 6.03. The van der Waals surface area contributed by atoms with Crippen LogP contribution in [0.3, 0.4) is 0 Å². The van der Waals surface area contributed by atoms with E-state index in [2.05, 4.69) is 10.3 Å². The van der Waals surface area contributed by atoms with Crippen LogP contribution in [0.4, 0.5) is 5.69 Å². The van der Waals surface area contributed by atoms with E-state index in [9.17, 15) is 9.59 Å². The zero-order valence-corrected chi connectivity index (χ0v) is 9.65. The number of carbonyl (C=O) groups is 1. The lowest BCUT2D eigenvalue weighted by molar-refractivity contribution is 0.102. The second-order valence-corrected chi connectivity index (χ2v) is 3.77. The molecule has 1 heterocycles. The molecule has 0 aliphatic rings. The van der Waals surface area contributed by atoms with Crippen molar-refractivity contribution >= 4 is 11.6 Å². The molecule has 1 aromatic heterocycles. The Morgan fingerprint density at radius 3 is 2.47 bits per heavy atom. The van der Waals surface area contributed by atoms with Gasteiger partial charge in [-0.05, 0) is 19.1 Å². The highest BCUT2D eigenvalue weighted by Crippen LogP contribution is 2.08. The number of rotatable bonds is 2. The third-order valence-electron chi connectivity index (χ3n) is 2.66. The van der Waals surface area contributed by atoms with Crippen LogP contribution >= 0.6 is 0 Å². The summed E-state index contributed by atoms with van der Waals surface area (Å²) in [5.41, 5.74) is 1.31. The highest BCUT2D eigenvalue weighted by atomic mass is 16.2. The van der Waals surface area contributed by atoms with Gasteiger partial charge in [0, 0.05) is 18.4 Å². The standard InChI is InChI=1S/C12H13N3O2/c1-8-10(14-12(17)15(8)2)11(16)13-9-6-4-3-5-7-9/h3-7H,1-2H3,(H,13,16)(H,14,17). The van der Waals surface area contributed by atoms with Gasteiger partial charge in [0.2, 0.25) is 0 Å². The summed E-state index contributed by atoms with van der Waals surface area (Å²) < 4.78 is 1.40. The summed E-state index contributed by atoms with van der Waals surface area (Å²) in [5.74, 6) is -0.314. The molecule has 0 bridgehead atoms. The molecule has 2 aromatic rings. The van der Waals surface area contributed by atoms with Gasteiger partial charge in [-0.25, -0.2) is 4.79 Å². The van der Waals surface area contributed by atoms with Crippen molar-refractivity contribution in [2.45, 2.75) is 6.92 Å². The molecule has 1 aromatic carbocycles. The van der Waals surface area contributed by atoms with Crippen molar-refractivity contribution in [2.75, 3.05) is 5.32 Å². The maximum absolute atomic E-state index is 11.9. The second-order valence-electron chi connectivity index (χ2n) is 3.77. The number of H-pyrrole nitrogens is 1. The SMILES string of the molecule is Cc1c(C(=O)Nc2ccccc2)[nH]c(=O)n1C. The minimum Gasteiger partial charge on any atom is -0.321 e. The molecule has 88 valence electrons. The van der Waals surface area contributed by atoms with Crippen LogP contribution in [0.5, 0.6) is 0 Å². The topological polar surface area (TPSA) is 66.9 Å². The molecule has 0 atom stereocenters. The lowest BCUT2D eigenvalue weighted by Crippen LogP contribution is -2.14. The lowest BCUT2D eigenvalue weighted by Gasteiger charge is -2.03. The minimum absolute atomic E-state index is 0.291. The zero-order chi connectivity index (χ0) is 12.4. The van der Waals surface area contributed by atoms with Crippen LogP contribution in [0.2, 0.25) is 0 Å². The van der Waals surface area contributed by atoms with Crippen molar-refractivity contribution in [1.29, 1.82) is 0 Å². The first-order valence-electron chi connectivity index (χ1n) is 5.21. The Kier molecular flexibility index (Phi) is 2.82. The Labute approximate surface area is 98.1 Å². The smallest absolute Gasteiger partial charge is 0.321 e. The van der Waals surface area contributed by atoms with Gasteiger partial charge < -0.3 is 10.3 Å². The van der Waals surface area contributed by atoms with E-state index in [1.807, 2.05) is 18.2 Å². The van der Waals surface area contributed by atoms with Gasteiger partial charge in [0.05, 0.1) is 0 Å². The Bertz CT molecular complexity index is 596. The molecule has 2 N–H and O–H groups in total. The number of aromatic amines is 1. The van der Waals surface area contributed by atoms with Crippen molar-refractivity contribution in [2.24, 2.45) is 7.05 Å². The number of amides is 1. The van der Waals surface area contributed by atoms with Crippen molar-refractivity contribution in [3.8, 4) is 0 Å². The fourth-order valence-electron chi connectivity index (χ4n) is 1.54. The average Bonchev–Trinajstić information content (AvgIpc) is 2.58. The molecule has 5 nitrogen and oxygen atoms in total. The van der Waals surface area contributed by atoms with Gasteiger partial charge in [0.15, 0.2) is 0 Å². The Balaban J connectivity index is 2.27. The van der Waals surface area contributed by atoms with E-state index < -0.39 is 0 Å². The molecule has 0 aliphatic carbocycles. The number of imidazole rings is 1. The van der Waals surface area contributed by atoms with Crippen molar-refractivity contribution in [3.63, 3.8) is 0 Å². The number of hydrogen-bond donors (Lipinski definition) is 2. The summed E-state index contributed by atoms with van der Waals surface area (Å²) >= 11 is 0. The van der Waals surface area contributed by atoms with Gasteiger partial charge >= 0.3 is 5.69 Å². The predicted octanol–water partition coefficient (Wildman–Crippen LogP) is 1.27. The van der Waals surface area contributed by atoms with Crippen LogP contribution < -0.4 is 11.0 Å². The number of anilines is 1. The molecule has 0 fully saturated rings. The summed E-state index contributed by atoms with van der Waals surface area (Å²) in [7, 11) is 1.62. The lowest BCUT2D eigenvalue weighted by atomic mass is 10.3. The van der Waals surface area contributed by atoms with Gasteiger partial charge in [0.1, 0.15) is 5.69 Å². The number of nitrogens with zero attached hydrogens (tertiary/aromatic N) is 1. The maximum atomic E-state index is 11.9. The van der Waals surface area contributed by atoms with Crippen LogP contribution in [0.15, 0.2) is 35.1 Å². The summed E-state index contributed by atoms with van der Waals surface area (Å²) in [6.07, 6.45) is 0. The normalized spacial score (nSPS) is 10.2. The summed E-state index contributed by atoms with van der Waals surface area (Å²) in [6, 6.07) is 9.10. The molecule has 17 heavy (non-hydrogen) atoms. The predicted molar refractivity (Wildman–Crippen MR) is 65.2 cm³/mol. The molecule has 0 saturated heterocycles. The van der Waals surface area contributed by atoms with Crippen LogP contribution in [-0.2, 0) is 7.05 Å². The van der Waals surface area contributed by atoms with Crippen LogP contribution in [0.25, 0.3) is 0 Å². The average molecular weight is 231 g/mol. The quantitative estimate of drug-likeness (QED) is 0.817. The van der Waals surface area contributed by atoms with Gasteiger partial charge in [-0.2, -0.15) is 0 Å². The molecule has 0 saturated carbocycles. The molecule has 0 radical (unpaired) electrons. The number of benzene rings is 1. The zero-order valence-electron chi connectivity index (χ0n) is 9.65. The summed E-state index contributed by atoms with van der Waals surface area (Å²) in [6.45, 7) is 1.72. The van der Waals surface area contributed by atoms with Gasteiger partial charge in [0.25, 0.3) is 5.91 Å². The van der Waals surface area contributed by atoms with Gasteiger partial charge in [-0.15, -0.1) is 0 Å². The first kappa shape index (κ1) is 11.2. The molecule has 0 unspecified atom stereocenters. The molecule has 2 rings (SSSR count). The van der Waals surface area contributed by atoms with Gasteiger partial charge in [-0.1, -0.05) is 18.2 Å². The fourth-order valence-corrected chi connectivity index (χ4v) is 1.54. The summed E-state index contributed by atoms with van der Waals surface area (Å²) in [4.78, 5) is 25.8. The number of carbonyl (C=O) groups excluding carboxylic acids is 1. The molecular formula is C12H13N3O2. The fraction of sp³-hybridized carbons (Fsp3) is 0.167. The van der Waals surface area contributed by atoms with E-state index in [0.717, 1.165) is 0 Å². The second kappa shape index (κ2) is 4.29. The molecule has 0 aliphatic heterocycles. The van der Waals surface area contributed by atoms with E-state index in [4.69, 9.17) is 0 Å². The highest BCUT2D eigenvalue weighted by Gasteiger charge is 2.14. The molecule has 1 amide bonds. The van der Waals surface area contributed by atoms with E-state index >= 15 is 0 Å².